The quantitative estimate of drug-likeness (QED) is 0.495. The number of rotatable bonds is 6. The summed E-state index contributed by atoms with van der Waals surface area (Å²) in [6, 6.07) is 14.5. The van der Waals surface area contributed by atoms with E-state index in [1.807, 2.05) is 18.2 Å². The molecule has 0 fully saturated rings. The minimum Gasteiger partial charge on any atom is -0.497 e. The smallest absolute Gasteiger partial charge is 0.232 e. The highest BCUT2D eigenvalue weighted by Gasteiger charge is 2.27. The van der Waals surface area contributed by atoms with E-state index in [1.54, 1.807) is 19.2 Å². The number of nitrogens with zero attached hydrogens (tertiary/aromatic N) is 2. The molecule has 0 aliphatic heterocycles. The summed E-state index contributed by atoms with van der Waals surface area (Å²) in [4.78, 5) is 4.80. The first-order chi connectivity index (χ1) is 14.7. The Morgan fingerprint density at radius 2 is 1.93 bits per heavy atom. The molecule has 4 nitrogen and oxygen atoms in total. The molecular formula is C25H23FN2O2. The number of pyridine rings is 1. The van der Waals surface area contributed by atoms with Crippen molar-refractivity contribution in [3.8, 4) is 40.1 Å². The Morgan fingerprint density at radius 3 is 2.63 bits per heavy atom. The van der Waals surface area contributed by atoms with E-state index in [1.165, 1.54) is 12.1 Å². The van der Waals surface area contributed by atoms with Crippen LogP contribution in [0, 0.1) is 17.1 Å². The van der Waals surface area contributed by atoms with Gasteiger partial charge >= 0.3 is 0 Å². The zero-order valence-electron chi connectivity index (χ0n) is 17.2. The molecule has 0 N–H and O–H groups in total. The van der Waals surface area contributed by atoms with Gasteiger partial charge in [-0.2, -0.15) is 5.26 Å². The summed E-state index contributed by atoms with van der Waals surface area (Å²) in [5.74, 6) is 0.841. The minimum absolute atomic E-state index is 0.308. The lowest BCUT2D eigenvalue weighted by Crippen LogP contribution is -2.12. The summed E-state index contributed by atoms with van der Waals surface area (Å²) in [7, 11) is 1.66. The van der Waals surface area contributed by atoms with E-state index in [9.17, 15) is 9.65 Å². The average Bonchev–Trinajstić information content (AvgIpc) is 2.78. The second-order valence-corrected chi connectivity index (χ2v) is 7.34. The zero-order valence-corrected chi connectivity index (χ0v) is 17.2. The molecule has 1 aromatic heterocycles. The van der Waals surface area contributed by atoms with Crippen LogP contribution in [0.3, 0.4) is 0 Å². The molecule has 0 unspecified atom stereocenters. The van der Waals surface area contributed by atoms with Crippen LogP contribution in [-0.4, -0.2) is 18.7 Å². The second-order valence-electron chi connectivity index (χ2n) is 7.34. The van der Waals surface area contributed by atoms with E-state index in [-0.39, 0.29) is 5.82 Å². The van der Waals surface area contributed by atoms with E-state index in [2.05, 4.69) is 13.0 Å². The highest BCUT2D eigenvalue weighted by Crippen LogP contribution is 2.43. The van der Waals surface area contributed by atoms with Crippen molar-refractivity contribution in [1.29, 1.82) is 5.26 Å². The van der Waals surface area contributed by atoms with Crippen LogP contribution in [0.2, 0.25) is 0 Å². The molecule has 0 radical (unpaired) electrons. The first-order valence-corrected chi connectivity index (χ1v) is 10.2. The van der Waals surface area contributed by atoms with Gasteiger partial charge in [-0.1, -0.05) is 25.5 Å². The maximum absolute atomic E-state index is 13.6. The van der Waals surface area contributed by atoms with Crippen molar-refractivity contribution in [3.63, 3.8) is 0 Å². The fourth-order valence-corrected chi connectivity index (χ4v) is 3.92. The van der Waals surface area contributed by atoms with Crippen LogP contribution < -0.4 is 9.47 Å². The lowest BCUT2D eigenvalue weighted by molar-refractivity contribution is 0.297. The summed E-state index contributed by atoms with van der Waals surface area (Å²) < 4.78 is 24.9. The number of aryl methyl sites for hydroxylation is 1. The number of fused-ring (bicyclic) bond motifs is 3. The third kappa shape index (κ3) is 3.61. The number of halogens is 1. The predicted octanol–water partition coefficient (Wildman–Crippen LogP) is 5.71. The largest absolute Gasteiger partial charge is 0.497 e. The van der Waals surface area contributed by atoms with Crippen LogP contribution in [0.4, 0.5) is 4.39 Å². The van der Waals surface area contributed by atoms with Crippen molar-refractivity contribution in [2.45, 2.75) is 32.6 Å². The number of unbranched alkanes of at least 4 members (excludes halogenated alkanes) is 1. The van der Waals surface area contributed by atoms with Gasteiger partial charge in [-0.05, 0) is 66.3 Å². The molecule has 3 aromatic rings. The predicted molar refractivity (Wildman–Crippen MR) is 114 cm³/mol. The number of hydrogen-bond acceptors (Lipinski definition) is 4. The van der Waals surface area contributed by atoms with Gasteiger partial charge in [0, 0.05) is 11.1 Å². The molecule has 2 aromatic carbocycles. The lowest BCUT2D eigenvalue weighted by Gasteiger charge is -2.24. The van der Waals surface area contributed by atoms with Crippen LogP contribution in [-0.2, 0) is 12.8 Å². The van der Waals surface area contributed by atoms with Crippen molar-refractivity contribution in [3.05, 3.63) is 65.0 Å². The molecule has 0 saturated heterocycles. The number of aromatic nitrogens is 1. The average molecular weight is 402 g/mol. The summed E-state index contributed by atoms with van der Waals surface area (Å²) in [5, 5.41) is 9.98. The van der Waals surface area contributed by atoms with Gasteiger partial charge in [0.05, 0.1) is 19.4 Å². The van der Waals surface area contributed by atoms with Gasteiger partial charge in [0.25, 0.3) is 0 Å². The number of nitriles is 1. The van der Waals surface area contributed by atoms with Crippen LogP contribution in [0.1, 0.15) is 36.5 Å². The minimum atomic E-state index is -0.308. The van der Waals surface area contributed by atoms with E-state index >= 15 is 0 Å². The normalized spacial score (nSPS) is 11.9. The molecule has 0 saturated carbocycles. The van der Waals surface area contributed by atoms with Crippen molar-refractivity contribution < 1.29 is 13.9 Å². The standard InChI is InChI=1S/C25H23FN2O2/c1-3-4-13-30-25-22(15-27)23(16-5-8-18(26)9-6-16)21-11-7-17-14-19(29-2)10-12-20(17)24(21)28-25/h5-6,8-10,12,14H,3-4,7,11,13H2,1-2H3. The summed E-state index contributed by atoms with van der Waals surface area (Å²) in [5.41, 5.74) is 5.99. The zero-order chi connectivity index (χ0) is 21.1. The molecular weight excluding hydrogens is 379 g/mol. The summed E-state index contributed by atoms with van der Waals surface area (Å²) in [6.45, 7) is 2.58. The third-order valence-corrected chi connectivity index (χ3v) is 5.46. The van der Waals surface area contributed by atoms with Gasteiger partial charge in [0.15, 0.2) is 0 Å². The molecule has 0 atom stereocenters. The fraction of sp³-hybridized carbons (Fsp3) is 0.280. The molecule has 152 valence electrons. The van der Waals surface area contributed by atoms with Gasteiger partial charge in [0.2, 0.25) is 5.88 Å². The van der Waals surface area contributed by atoms with E-state index < -0.39 is 0 Å². The maximum atomic E-state index is 13.6. The monoisotopic (exact) mass is 402 g/mol. The number of methoxy groups -OCH3 is 1. The van der Waals surface area contributed by atoms with Crippen LogP contribution in [0.15, 0.2) is 42.5 Å². The number of benzene rings is 2. The van der Waals surface area contributed by atoms with Crippen molar-refractivity contribution in [1.82, 2.24) is 4.98 Å². The van der Waals surface area contributed by atoms with Crippen LogP contribution in [0.5, 0.6) is 11.6 Å². The van der Waals surface area contributed by atoms with Crippen molar-refractivity contribution >= 4 is 0 Å². The van der Waals surface area contributed by atoms with Crippen LogP contribution in [0.25, 0.3) is 22.4 Å². The Bertz CT molecular complexity index is 1120. The maximum Gasteiger partial charge on any atom is 0.232 e. The van der Waals surface area contributed by atoms with Gasteiger partial charge in [-0.25, -0.2) is 9.37 Å². The SMILES string of the molecule is CCCCOc1nc2c(c(-c3ccc(F)cc3)c1C#N)CCc1cc(OC)ccc1-2. The Kier molecular flexibility index (Phi) is 5.67. The first-order valence-electron chi connectivity index (χ1n) is 10.2. The summed E-state index contributed by atoms with van der Waals surface area (Å²) in [6.07, 6.45) is 3.42. The topological polar surface area (TPSA) is 55.1 Å². The van der Waals surface area contributed by atoms with Crippen molar-refractivity contribution in [2.75, 3.05) is 13.7 Å². The molecule has 4 rings (SSSR count). The summed E-state index contributed by atoms with van der Waals surface area (Å²) >= 11 is 0. The molecule has 1 aliphatic carbocycles. The Balaban J connectivity index is 1.95. The first kappa shape index (κ1) is 19.9. The number of hydrogen-bond donors (Lipinski definition) is 0. The van der Waals surface area contributed by atoms with E-state index in [4.69, 9.17) is 14.5 Å². The fourth-order valence-electron chi connectivity index (χ4n) is 3.92. The van der Waals surface area contributed by atoms with Gasteiger partial charge in [-0.15, -0.1) is 0 Å². The van der Waals surface area contributed by atoms with Gasteiger partial charge < -0.3 is 9.47 Å². The van der Waals surface area contributed by atoms with Gasteiger partial charge in [-0.3, -0.25) is 0 Å². The van der Waals surface area contributed by atoms with Crippen molar-refractivity contribution in [2.24, 2.45) is 0 Å². The van der Waals surface area contributed by atoms with E-state index in [0.29, 0.717) is 18.1 Å². The molecule has 0 amide bonds. The number of ether oxygens (including phenoxy) is 2. The molecule has 0 bridgehead atoms. The highest BCUT2D eigenvalue weighted by molar-refractivity contribution is 5.84. The molecule has 0 spiro atoms. The Hall–Kier alpha value is -3.39. The Labute approximate surface area is 175 Å². The molecule has 5 heteroatoms. The van der Waals surface area contributed by atoms with Crippen LogP contribution >= 0.6 is 0 Å². The lowest BCUT2D eigenvalue weighted by atomic mass is 9.83. The third-order valence-electron chi connectivity index (χ3n) is 5.46. The molecule has 1 aliphatic rings. The second kappa shape index (κ2) is 8.54. The van der Waals surface area contributed by atoms with Gasteiger partial charge in [0.1, 0.15) is 23.2 Å². The molecule has 1 heterocycles. The molecule has 30 heavy (non-hydrogen) atoms. The highest BCUT2D eigenvalue weighted by atomic mass is 19.1. The Morgan fingerprint density at radius 1 is 1.13 bits per heavy atom. The van der Waals surface area contributed by atoms with E-state index in [0.717, 1.165) is 64.9 Å².